The van der Waals surface area contributed by atoms with Crippen molar-refractivity contribution >= 4 is 17.5 Å². The molecule has 1 atom stereocenters. The standard InChI is InChI=1S/C20H22ClNO2/c21-18-8-4-7-17(13-18)20(10-11-20)19(24)22-14-16(9-12-23)15-5-2-1-3-6-15/h1-8,13,16,23H,9-12,14H2,(H,22,24). The molecule has 0 saturated heterocycles. The van der Waals surface area contributed by atoms with E-state index in [0.717, 1.165) is 24.0 Å². The van der Waals surface area contributed by atoms with Crippen molar-refractivity contribution in [3.05, 3.63) is 70.7 Å². The first-order chi connectivity index (χ1) is 11.7. The lowest BCUT2D eigenvalue weighted by Gasteiger charge is -2.21. The Balaban J connectivity index is 1.68. The maximum Gasteiger partial charge on any atom is 0.230 e. The van der Waals surface area contributed by atoms with Crippen LogP contribution >= 0.6 is 11.6 Å². The SMILES string of the molecule is O=C(NCC(CCO)c1ccccc1)C1(c2cccc(Cl)c2)CC1. The molecule has 4 heteroatoms. The van der Waals surface area contributed by atoms with Gasteiger partial charge in [-0.05, 0) is 42.5 Å². The van der Waals surface area contributed by atoms with E-state index in [1.54, 1.807) is 0 Å². The predicted octanol–water partition coefficient (Wildman–Crippen LogP) is 3.65. The molecule has 1 amide bonds. The van der Waals surface area contributed by atoms with Gasteiger partial charge >= 0.3 is 0 Å². The Labute approximate surface area is 147 Å². The molecule has 0 radical (unpaired) electrons. The lowest BCUT2D eigenvalue weighted by Crippen LogP contribution is -2.37. The third-order valence-electron chi connectivity index (χ3n) is 4.82. The van der Waals surface area contributed by atoms with Crippen molar-refractivity contribution < 1.29 is 9.90 Å². The molecular weight excluding hydrogens is 322 g/mol. The van der Waals surface area contributed by atoms with Gasteiger partial charge in [0.15, 0.2) is 0 Å². The molecule has 1 aliphatic rings. The number of carbonyl (C=O) groups excluding carboxylic acids is 1. The Bertz CT molecular complexity index is 698. The molecule has 0 bridgehead atoms. The second-order valence-electron chi connectivity index (χ2n) is 6.42. The summed E-state index contributed by atoms with van der Waals surface area (Å²) in [6, 6.07) is 17.6. The van der Waals surface area contributed by atoms with Gasteiger partial charge in [0.2, 0.25) is 5.91 Å². The van der Waals surface area contributed by atoms with E-state index in [9.17, 15) is 9.90 Å². The Morgan fingerprint density at radius 2 is 1.92 bits per heavy atom. The monoisotopic (exact) mass is 343 g/mol. The lowest BCUT2D eigenvalue weighted by atomic mass is 9.93. The molecule has 1 aliphatic carbocycles. The summed E-state index contributed by atoms with van der Waals surface area (Å²) < 4.78 is 0. The third kappa shape index (κ3) is 3.63. The molecule has 3 nitrogen and oxygen atoms in total. The van der Waals surface area contributed by atoms with E-state index >= 15 is 0 Å². The minimum Gasteiger partial charge on any atom is -0.396 e. The van der Waals surface area contributed by atoms with Crippen LogP contribution in [-0.2, 0) is 10.2 Å². The zero-order chi connectivity index (χ0) is 17.0. The average molecular weight is 344 g/mol. The van der Waals surface area contributed by atoms with Crippen LogP contribution < -0.4 is 5.32 Å². The average Bonchev–Trinajstić information content (AvgIpc) is 3.41. The van der Waals surface area contributed by atoms with Gasteiger partial charge in [0.05, 0.1) is 5.41 Å². The number of hydrogen-bond acceptors (Lipinski definition) is 2. The van der Waals surface area contributed by atoms with Crippen LogP contribution in [0, 0.1) is 0 Å². The Morgan fingerprint density at radius 1 is 1.17 bits per heavy atom. The van der Waals surface area contributed by atoms with E-state index in [4.69, 9.17) is 11.6 Å². The molecule has 3 rings (SSSR count). The van der Waals surface area contributed by atoms with Crippen molar-refractivity contribution in [2.75, 3.05) is 13.2 Å². The van der Waals surface area contributed by atoms with Crippen molar-refractivity contribution in [1.29, 1.82) is 0 Å². The molecule has 2 N–H and O–H groups in total. The normalized spacial score (nSPS) is 16.4. The number of rotatable bonds is 7. The van der Waals surface area contributed by atoms with Crippen LogP contribution in [0.4, 0.5) is 0 Å². The van der Waals surface area contributed by atoms with Crippen molar-refractivity contribution in [1.82, 2.24) is 5.32 Å². The zero-order valence-corrected chi connectivity index (χ0v) is 14.3. The summed E-state index contributed by atoms with van der Waals surface area (Å²) in [6.07, 6.45) is 2.35. The summed E-state index contributed by atoms with van der Waals surface area (Å²) in [4.78, 5) is 12.8. The molecule has 1 unspecified atom stereocenters. The molecular formula is C20H22ClNO2. The molecule has 2 aromatic rings. The van der Waals surface area contributed by atoms with Gasteiger partial charge in [0.25, 0.3) is 0 Å². The second kappa shape index (κ2) is 7.37. The van der Waals surface area contributed by atoms with Gasteiger partial charge in [0.1, 0.15) is 0 Å². The summed E-state index contributed by atoms with van der Waals surface area (Å²) in [5, 5.41) is 13.1. The summed E-state index contributed by atoms with van der Waals surface area (Å²) in [5.41, 5.74) is 1.70. The molecule has 1 saturated carbocycles. The molecule has 0 heterocycles. The number of amides is 1. The molecule has 126 valence electrons. The predicted molar refractivity (Wildman–Crippen MR) is 96.3 cm³/mol. The van der Waals surface area contributed by atoms with Gasteiger partial charge in [-0.2, -0.15) is 0 Å². The highest BCUT2D eigenvalue weighted by atomic mass is 35.5. The number of aliphatic hydroxyl groups is 1. The lowest BCUT2D eigenvalue weighted by molar-refractivity contribution is -0.123. The van der Waals surface area contributed by atoms with E-state index in [2.05, 4.69) is 5.32 Å². The fourth-order valence-corrected chi connectivity index (χ4v) is 3.40. The van der Waals surface area contributed by atoms with Crippen LogP contribution in [-0.4, -0.2) is 24.2 Å². The largest absolute Gasteiger partial charge is 0.396 e. The van der Waals surface area contributed by atoms with Crippen LogP contribution in [0.15, 0.2) is 54.6 Å². The topological polar surface area (TPSA) is 49.3 Å². The Hall–Kier alpha value is -1.84. The zero-order valence-electron chi connectivity index (χ0n) is 13.5. The van der Waals surface area contributed by atoms with E-state index in [-0.39, 0.29) is 18.4 Å². The Kier molecular flexibility index (Phi) is 5.22. The maximum absolute atomic E-state index is 12.8. The minimum atomic E-state index is -0.425. The number of aliphatic hydroxyl groups excluding tert-OH is 1. The molecule has 0 spiro atoms. The van der Waals surface area contributed by atoms with Gasteiger partial charge in [-0.25, -0.2) is 0 Å². The van der Waals surface area contributed by atoms with Crippen LogP contribution in [0.25, 0.3) is 0 Å². The molecule has 0 aliphatic heterocycles. The fourth-order valence-electron chi connectivity index (χ4n) is 3.21. The quantitative estimate of drug-likeness (QED) is 0.806. The highest BCUT2D eigenvalue weighted by Gasteiger charge is 2.51. The van der Waals surface area contributed by atoms with E-state index < -0.39 is 5.41 Å². The van der Waals surface area contributed by atoms with Gasteiger partial charge in [0, 0.05) is 24.1 Å². The number of halogens is 1. The van der Waals surface area contributed by atoms with Crippen LogP contribution in [0.3, 0.4) is 0 Å². The van der Waals surface area contributed by atoms with Crippen LogP contribution in [0.2, 0.25) is 5.02 Å². The summed E-state index contributed by atoms with van der Waals surface area (Å²) in [7, 11) is 0. The molecule has 0 aromatic heterocycles. The Morgan fingerprint density at radius 3 is 2.54 bits per heavy atom. The van der Waals surface area contributed by atoms with Gasteiger partial charge < -0.3 is 10.4 Å². The number of nitrogens with one attached hydrogen (secondary N) is 1. The van der Waals surface area contributed by atoms with Crippen molar-refractivity contribution in [2.24, 2.45) is 0 Å². The van der Waals surface area contributed by atoms with Crippen molar-refractivity contribution in [3.63, 3.8) is 0 Å². The third-order valence-corrected chi connectivity index (χ3v) is 5.05. The van der Waals surface area contributed by atoms with Gasteiger partial charge in [-0.1, -0.05) is 54.1 Å². The first kappa shape index (κ1) is 17.0. The smallest absolute Gasteiger partial charge is 0.230 e. The molecule has 24 heavy (non-hydrogen) atoms. The van der Waals surface area contributed by atoms with Crippen LogP contribution in [0.5, 0.6) is 0 Å². The highest BCUT2D eigenvalue weighted by Crippen LogP contribution is 2.48. The fraction of sp³-hybridized carbons (Fsp3) is 0.350. The number of carbonyl (C=O) groups is 1. The van der Waals surface area contributed by atoms with Crippen molar-refractivity contribution in [2.45, 2.75) is 30.6 Å². The first-order valence-electron chi connectivity index (χ1n) is 8.36. The van der Waals surface area contributed by atoms with Gasteiger partial charge in [-0.3, -0.25) is 4.79 Å². The maximum atomic E-state index is 12.8. The number of hydrogen-bond donors (Lipinski definition) is 2. The first-order valence-corrected chi connectivity index (χ1v) is 8.74. The van der Waals surface area contributed by atoms with Crippen molar-refractivity contribution in [3.8, 4) is 0 Å². The van der Waals surface area contributed by atoms with E-state index in [1.807, 2.05) is 54.6 Å². The van der Waals surface area contributed by atoms with Crippen LogP contribution in [0.1, 0.15) is 36.3 Å². The molecule has 2 aromatic carbocycles. The van der Waals surface area contributed by atoms with E-state index in [1.165, 1.54) is 0 Å². The summed E-state index contributed by atoms with van der Waals surface area (Å²) >= 11 is 6.07. The minimum absolute atomic E-state index is 0.0589. The highest BCUT2D eigenvalue weighted by molar-refractivity contribution is 6.30. The second-order valence-corrected chi connectivity index (χ2v) is 6.86. The summed E-state index contributed by atoms with van der Waals surface area (Å²) in [5.74, 6) is 0.180. The van der Waals surface area contributed by atoms with Gasteiger partial charge in [-0.15, -0.1) is 0 Å². The van der Waals surface area contributed by atoms with E-state index in [0.29, 0.717) is 18.0 Å². The molecule has 1 fully saturated rings. The number of benzene rings is 2. The summed E-state index contributed by atoms with van der Waals surface area (Å²) in [6.45, 7) is 0.639.